The maximum Gasteiger partial charge on any atom is 0.328 e. The molecule has 0 aliphatic carbocycles. The highest BCUT2D eigenvalue weighted by Gasteiger charge is 2.28. The summed E-state index contributed by atoms with van der Waals surface area (Å²) in [5.74, 6) is -1.80. The van der Waals surface area contributed by atoms with Gasteiger partial charge in [0.05, 0.1) is 12.0 Å². The van der Waals surface area contributed by atoms with Gasteiger partial charge in [0.2, 0.25) is 5.91 Å². The second kappa shape index (κ2) is 7.24. The van der Waals surface area contributed by atoms with Crippen molar-refractivity contribution >= 4 is 11.9 Å². The van der Waals surface area contributed by atoms with Gasteiger partial charge in [-0.2, -0.15) is 0 Å². The normalized spacial score (nSPS) is 16.4. The zero-order chi connectivity index (χ0) is 13.6. The maximum atomic E-state index is 11.8. The van der Waals surface area contributed by atoms with E-state index < -0.39 is 29.9 Å². The second-order valence-corrected chi connectivity index (χ2v) is 4.63. The summed E-state index contributed by atoms with van der Waals surface area (Å²) in [6.07, 6.45) is -0.553. The Balaban J connectivity index is 4.52. The number of nitrogens with two attached hydrogens (primary N) is 1. The van der Waals surface area contributed by atoms with E-state index in [-0.39, 0.29) is 6.54 Å². The van der Waals surface area contributed by atoms with Crippen LogP contribution in [0.2, 0.25) is 0 Å². The maximum absolute atomic E-state index is 11.8. The highest BCUT2D eigenvalue weighted by atomic mass is 16.4. The van der Waals surface area contributed by atoms with E-state index in [1.54, 1.807) is 0 Å². The van der Waals surface area contributed by atoms with Crippen molar-refractivity contribution in [2.24, 2.45) is 17.6 Å². The van der Waals surface area contributed by atoms with Crippen LogP contribution in [0.15, 0.2) is 0 Å². The highest BCUT2D eigenvalue weighted by Crippen LogP contribution is 2.11. The van der Waals surface area contributed by atoms with Crippen LogP contribution in [0.5, 0.6) is 0 Å². The molecule has 1 amide bonds. The van der Waals surface area contributed by atoms with Crippen molar-refractivity contribution in [2.45, 2.75) is 39.3 Å². The summed E-state index contributed by atoms with van der Waals surface area (Å²) in [6, 6.07) is -1.29. The van der Waals surface area contributed by atoms with Crippen LogP contribution >= 0.6 is 0 Å². The lowest BCUT2D eigenvalue weighted by Gasteiger charge is -2.22. The lowest BCUT2D eigenvalue weighted by Crippen LogP contribution is -2.50. The molecular weight excluding hydrogens is 224 g/mol. The molecule has 0 aliphatic heterocycles. The van der Waals surface area contributed by atoms with E-state index in [9.17, 15) is 14.7 Å². The molecule has 0 heterocycles. The first-order valence-electron chi connectivity index (χ1n) is 5.70. The van der Waals surface area contributed by atoms with Gasteiger partial charge in [0, 0.05) is 6.54 Å². The van der Waals surface area contributed by atoms with Gasteiger partial charge in [0.15, 0.2) is 6.04 Å². The van der Waals surface area contributed by atoms with Crippen LogP contribution < -0.4 is 11.1 Å². The van der Waals surface area contributed by atoms with Gasteiger partial charge >= 0.3 is 5.97 Å². The van der Waals surface area contributed by atoms with Crippen molar-refractivity contribution < 1.29 is 19.8 Å². The molecule has 0 aliphatic rings. The fourth-order valence-corrected chi connectivity index (χ4v) is 1.54. The molecular formula is C11H22N2O4. The number of hydrogen-bond donors (Lipinski definition) is 4. The third-order valence-electron chi connectivity index (χ3n) is 2.46. The molecule has 0 saturated heterocycles. The summed E-state index contributed by atoms with van der Waals surface area (Å²) in [4.78, 5) is 22.6. The summed E-state index contributed by atoms with van der Waals surface area (Å²) in [7, 11) is 0. The van der Waals surface area contributed by atoms with Gasteiger partial charge in [-0.1, -0.05) is 13.8 Å². The number of rotatable bonds is 7. The Kier molecular flexibility index (Phi) is 6.75. The first kappa shape index (κ1) is 15.9. The Labute approximate surface area is 101 Å². The van der Waals surface area contributed by atoms with E-state index >= 15 is 0 Å². The molecule has 6 heteroatoms. The molecule has 0 aromatic carbocycles. The number of aliphatic hydroxyl groups is 1. The van der Waals surface area contributed by atoms with Crippen LogP contribution in [-0.4, -0.2) is 40.8 Å². The number of amides is 1. The molecule has 0 aromatic rings. The Morgan fingerprint density at radius 3 is 2.12 bits per heavy atom. The third kappa shape index (κ3) is 5.65. The molecule has 3 atom stereocenters. The minimum atomic E-state index is -1.29. The van der Waals surface area contributed by atoms with Gasteiger partial charge in [0.1, 0.15) is 0 Å². The minimum absolute atomic E-state index is 0.163. The average molecular weight is 246 g/mol. The Hall–Kier alpha value is -1.14. The number of carboxylic acids is 1. The van der Waals surface area contributed by atoms with E-state index in [1.165, 1.54) is 6.92 Å². The molecule has 0 fully saturated rings. The fourth-order valence-electron chi connectivity index (χ4n) is 1.54. The number of carbonyl (C=O) groups excluding carboxylic acids is 1. The number of carbonyl (C=O) groups is 2. The molecule has 5 N–H and O–H groups in total. The van der Waals surface area contributed by atoms with Crippen molar-refractivity contribution in [3.8, 4) is 0 Å². The third-order valence-corrected chi connectivity index (χ3v) is 2.46. The molecule has 6 nitrogen and oxygen atoms in total. The van der Waals surface area contributed by atoms with E-state index in [2.05, 4.69) is 5.32 Å². The zero-order valence-corrected chi connectivity index (χ0v) is 10.5. The Bertz CT molecular complexity index is 266. The molecule has 0 bridgehead atoms. The van der Waals surface area contributed by atoms with Crippen LogP contribution in [0.4, 0.5) is 0 Å². The predicted octanol–water partition coefficient (Wildman–Crippen LogP) is -0.442. The standard InChI is InChI=1S/C11H22N2O4/c1-6(2)4-8(5-12)10(15)13-9(7(3)14)11(16)17/h6-9,14H,4-5,12H2,1-3H3,(H,13,15)(H,16,17). The molecule has 0 saturated carbocycles. The van der Waals surface area contributed by atoms with Crippen molar-refractivity contribution in [3.05, 3.63) is 0 Å². The molecule has 0 aromatic heterocycles. The summed E-state index contributed by atoms with van der Waals surface area (Å²) in [5.41, 5.74) is 5.48. The zero-order valence-electron chi connectivity index (χ0n) is 10.5. The fraction of sp³-hybridized carbons (Fsp3) is 0.818. The average Bonchev–Trinajstić information content (AvgIpc) is 2.20. The van der Waals surface area contributed by atoms with Crippen LogP contribution in [0.25, 0.3) is 0 Å². The topological polar surface area (TPSA) is 113 Å². The molecule has 17 heavy (non-hydrogen) atoms. The van der Waals surface area contributed by atoms with E-state index in [4.69, 9.17) is 10.8 Å². The summed E-state index contributed by atoms with van der Waals surface area (Å²) >= 11 is 0. The Morgan fingerprint density at radius 1 is 1.29 bits per heavy atom. The van der Waals surface area contributed by atoms with Crippen molar-refractivity contribution in [1.82, 2.24) is 5.32 Å². The minimum Gasteiger partial charge on any atom is -0.480 e. The van der Waals surface area contributed by atoms with Gasteiger partial charge in [-0.05, 0) is 19.3 Å². The van der Waals surface area contributed by atoms with E-state index in [1.807, 2.05) is 13.8 Å². The monoisotopic (exact) mass is 246 g/mol. The van der Waals surface area contributed by atoms with Crippen molar-refractivity contribution in [1.29, 1.82) is 0 Å². The number of carboxylic acid groups (broad SMARTS) is 1. The lowest BCUT2D eigenvalue weighted by atomic mass is 9.96. The number of nitrogens with one attached hydrogen (secondary N) is 1. The Morgan fingerprint density at radius 2 is 1.82 bits per heavy atom. The predicted molar refractivity (Wildman–Crippen MR) is 63.2 cm³/mol. The second-order valence-electron chi connectivity index (χ2n) is 4.63. The van der Waals surface area contributed by atoms with E-state index in [0.29, 0.717) is 12.3 Å². The highest BCUT2D eigenvalue weighted by molar-refractivity contribution is 5.85. The van der Waals surface area contributed by atoms with Gasteiger partial charge in [-0.3, -0.25) is 4.79 Å². The molecule has 0 spiro atoms. The SMILES string of the molecule is CC(C)CC(CN)C(=O)NC(C(=O)O)C(C)O. The number of hydrogen-bond acceptors (Lipinski definition) is 4. The van der Waals surface area contributed by atoms with E-state index in [0.717, 1.165) is 0 Å². The van der Waals surface area contributed by atoms with Crippen LogP contribution in [0, 0.1) is 11.8 Å². The summed E-state index contributed by atoms with van der Waals surface area (Å²) < 4.78 is 0. The first-order valence-corrected chi connectivity index (χ1v) is 5.70. The molecule has 0 rings (SSSR count). The quantitative estimate of drug-likeness (QED) is 0.486. The number of aliphatic hydroxyl groups excluding tert-OH is 1. The first-order chi connectivity index (χ1) is 7.79. The van der Waals surface area contributed by atoms with Crippen molar-refractivity contribution in [3.63, 3.8) is 0 Å². The number of aliphatic carboxylic acids is 1. The summed E-state index contributed by atoms with van der Waals surface area (Å²) in [6.45, 7) is 5.40. The molecule has 0 radical (unpaired) electrons. The summed E-state index contributed by atoms with van der Waals surface area (Å²) in [5, 5.41) is 20.4. The van der Waals surface area contributed by atoms with Crippen LogP contribution in [0.1, 0.15) is 27.2 Å². The molecule has 3 unspecified atom stereocenters. The largest absolute Gasteiger partial charge is 0.480 e. The van der Waals surface area contributed by atoms with Gasteiger partial charge in [0.25, 0.3) is 0 Å². The molecule has 100 valence electrons. The van der Waals surface area contributed by atoms with Crippen molar-refractivity contribution in [2.75, 3.05) is 6.54 Å². The lowest BCUT2D eigenvalue weighted by molar-refractivity contribution is -0.145. The van der Waals surface area contributed by atoms with Gasteiger partial charge < -0.3 is 21.3 Å². The van der Waals surface area contributed by atoms with Gasteiger partial charge in [-0.15, -0.1) is 0 Å². The van der Waals surface area contributed by atoms with Crippen LogP contribution in [-0.2, 0) is 9.59 Å². The van der Waals surface area contributed by atoms with Crippen LogP contribution in [0.3, 0.4) is 0 Å². The van der Waals surface area contributed by atoms with Gasteiger partial charge in [-0.25, -0.2) is 4.79 Å². The smallest absolute Gasteiger partial charge is 0.328 e.